The maximum Gasteiger partial charge on any atom is 0.151 e. The molecular formula is C13H9Cl3N2. The minimum Gasteiger partial charge on any atom is -0.197 e. The van der Waals surface area contributed by atoms with Crippen LogP contribution in [-0.2, 0) is 6.42 Å². The van der Waals surface area contributed by atoms with Crippen molar-refractivity contribution >= 4 is 34.8 Å². The number of hydrogen-bond donors (Lipinski definition) is 0. The molecule has 0 amide bonds. The smallest absolute Gasteiger partial charge is 0.151 e. The van der Waals surface area contributed by atoms with E-state index in [2.05, 4.69) is 0 Å². The summed E-state index contributed by atoms with van der Waals surface area (Å²) in [4.78, 5) is 0. The van der Waals surface area contributed by atoms with Gasteiger partial charge in [-0.2, -0.15) is 10.5 Å². The van der Waals surface area contributed by atoms with Crippen LogP contribution in [0, 0.1) is 28.1 Å². The van der Waals surface area contributed by atoms with Gasteiger partial charge >= 0.3 is 0 Å². The molecule has 0 fully saturated rings. The van der Waals surface area contributed by atoms with E-state index in [9.17, 15) is 10.5 Å². The average molecular weight is 300 g/mol. The molecule has 0 atom stereocenters. The van der Waals surface area contributed by atoms with Crippen molar-refractivity contribution in [3.63, 3.8) is 0 Å². The quantitative estimate of drug-likeness (QED) is 0.814. The summed E-state index contributed by atoms with van der Waals surface area (Å²) >= 11 is 16.8. The van der Waals surface area contributed by atoms with Gasteiger partial charge in [-0.05, 0) is 17.7 Å². The third kappa shape index (κ3) is 4.24. The van der Waals surface area contributed by atoms with Gasteiger partial charge in [0.05, 0.1) is 12.1 Å². The van der Waals surface area contributed by atoms with Gasteiger partial charge in [0.25, 0.3) is 0 Å². The fraction of sp³-hybridized carbons (Fsp3) is 0.231. The Balaban J connectivity index is 2.94. The van der Waals surface area contributed by atoms with Crippen molar-refractivity contribution in [2.75, 3.05) is 0 Å². The first-order chi connectivity index (χ1) is 8.51. The fourth-order valence-electron chi connectivity index (χ4n) is 1.47. The van der Waals surface area contributed by atoms with Crippen LogP contribution >= 0.6 is 34.8 Å². The summed E-state index contributed by atoms with van der Waals surface area (Å²) < 4.78 is 0.0565. The van der Waals surface area contributed by atoms with Crippen molar-refractivity contribution in [2.24, 2.45) is 5.41 Å². The zero-order valence-electron chi connectivity index (χ0n) is 9.33. The highest BCUT2D eigenvalue weighted by Gasteiger charge is 2.29. The molecule has 0 saturated carbocycles. The molecule has 0 spiro atoms. The van der Waals surface area contributed by atoms with Crippen molar-refractivity contribution in [2.45, 2.75) is 12.8 Å². The molecule has 1 aromatic rings. The number of nitrogens with zero attached hydrogens (tertiary/aromatic N) is 2. The first-order valence-electron chi connectivity index (χ1n) is 5.09. The number of halogens is 3. The summed E-state index contributed by atoms with van der Waals surface area (Å²) in [5.74, 6) is 0. The second-order valence-electron chi connectivity index (χ2n) is 3.81. The van der Waals surface area contributed by atoms with Crippen LogP contribution < -0.4 is 0 Å². The minimum absolute atomic E-state index is 0.0565. The van der Waals surface area contributed by atoms with E-state index in [0.717, 1.165) is 5.56 Å². The maximum absolute atomic E-state index is 9.19. The Hall–Kier alpha value is -1.19. The molecule has 0 aliphatic carbocycles. The lowest BCUT2D eigenvalue weighted by molar-refractivity contribution is 0.526. The SMILES string of the molecule is N#CC(C#N)(CC=C(Cl)Cl)Cc1ccc(Cl)cc1. The lowest BCUT2D eigenvalue weighted by Crippen LogP contribution is -2.18. The first-order valence-corrected chi connectivity index (χ1v) is 6.23. The summed E-state index contributed by atoms with van der Waals surface area (Å²) in [6, 6.07) is 11.1. The van der Waals surface area contributed by atoms with E-state index in [0.29, 0.717) is 11.4 Å². The van der Waals surface area contributed by atoms with Crippen LogP contribution in [-0.4, -0.2) is 0 Å². The van der Waals surface area contributed by atoms with Gasteiger partial charge in [0.1, 0.15) is 4.49 Å². The van der Waals surface area contributed by atoms with Gasteiger partial charge < -0.3 is 0 Å². The predicted molar refractivity (Wildman–Crippen MR) is 73.2 cm³/mol. The molecule has 18 heavy (non-hydrogen) atoms. The Morgan fingerprint density at radius 1 is 1.17 bits per heavy atom. The Kier molecular flexibility index (Phi) is 5.51. The van der Waals surface area contributed by atoms with E-state index >= 15 is 0 Å². The number of nitriles is 2. The zero-order chi connectivity index (χ0) is 13.6. The number of rotatable bonds is 4. The van der Waals surface area contributed by atoms with Gasteiger partial charge in [0, 0.05) is 17.9 Å². The summed E-state index contributed by atoms with van der Waals surface area (Å²) in [6.07, 6.45) is 1.95. The molecule has 0 aliphatic heterocycles. The summed E-state index contributed by atoms with van der Waals surface area (Å²) in [6.45, 7) is 0. The van der Waals surface area contributed by atoms with Gasteiger partial charge in [-0.25, -0.2) is 0 Å². The summed E-state index contributed by atoms with van der Waals surface area (Å²) in [5, 5.41) is 19.0. The molecule has 0 bridgehead atoms. The molecule has 1 aromatic carbocycles. The second-order valence-corrected chi connectivity index (χ2v) is 5.25. The van der Waals surface area contributed by atoms with Crippen LogP contribution in [0.3, 0.4) is 0 Å². The van der Waals surface area contributed by atoms with Gasteiger partial charge in [-0.1, -0.05) is 53.0 Å². The zero-order valence-corrected chi connectivity index (χ0v) is 11.6. The highest BCUT2D eigenvalue weighted by atomic mass is 35.5. The molecule has 0 aromatic heterocycles. The third-order valence-electron chi connectivity index (χ3n) is 2.45. The van der Waals surface area contributed by atoms with Gasteiger partial charge in [-0.15, -0.1) is 0 Å². The number of hydrogen-bond acceptors (Lipinski definition) is 2. The van der Waals surface area contributed by atoms with Crippen LogP contribution in [0.4, 0.5) is 0 Å². The Labute approximate surface area is 121 Å². The highest BCUT2D eigenvalue weighted by molar-refractivity contribution is 6.55. The lowest BCUT2D eigenvalue weighted by atomic mass is 9.81. The van der Waals surface area contributed by atoms with Crippen LogP contribution in [0.2, 0.25) is 5.02 Å². The van der Waals surface area contributed by atoms with Crippen molar-refractivity contribution in [1.82, 2.24) is 0 Å². The lowest BCUT2D eigenvalue weighted by Gasteiger charge is -2.16. The third-order valence-corrected chi connectivity index (χ3v) is 3.01. The van der Waals surface area contributed by atoms with Crippen LogP contribution in [0.5, 0.6) is 0 Å². The molecule has 0 radical (unpaired) electrons. The van der Waals surface area contributed by atoms with Crippen LogP contribution in [0.25, 0.3) is 0 Å². The minimum atomic E-state index is -1.16. The second kappa shape index (κ2) is 6.66. The summed E-state index contributed by atoms with van der Waals surface area (Å²) in [7, 11) is 0. The van der Waals surface area contributed by atoms with Crippen molar-refractivity contribution in [3.8, 4) is 12.1 Å². The molecule has 0 saturated heterocycles. The van der Waals surface area contributed by atoms with Crippen molar-refractivity contribution < 1.29 is 0 Å². The largest absolute Gasteiger partial charge is 0.197 e. The predicted octanol–water partition coefficient (Wildman–Crippen LogP) is 4.63. The fourth-order valence-corrected chi connectivity index (χ4v) is 1.75. The Morgan fingerprint density at radius 2 is 1.72 bits per heavy atom. The molecule has 5 heteroatoms. The molecule has 0 N–H and O–H groups in total. The van der Waals surface area contributed by atoms with Gasteiger partial charge in [0.15, 0.2) is 5.41 Å². The molecule has 2 nitrogen and oxygen atoms in total. The molecular weight excluding hydrogens is 291 g/mol. The van der Waals surface area contributed by atoms with Gasteiger partial charge in [-0.3, -0.25) is 0 Å². The van der Waals surface area contributed by atoms with E-state index < -0.39 is 5.41 Å². The van der Waals surface area contributed by atoms with Gasteiger partial charge in [0.2, 0.25) is 0 Å². The molecule has 0 aliphatic rings. The first kappa shape index (κ1) is 14.9. The van der Waals surface area contributed by atoms with E-state index in [-0.39, 0.29) is 10.9 Å². The van der Waals surface area contributed by atoms with Crippen molar-refractivity contribution in [3.05, 3.63) is 45.4 Å². The standard InChI is InChI=1S/C13H9Cl3N2/c14-11-3-1-10(2-4-11)7-13(8-17,9-18)6-5-12(15)16/h1-5H,6-7H2. The summed E-state index contributed by atoms with van der Waals surface area (Å²) in [5.41, 5.74) is -0.301. The normalized spacial score (nSPS) is 10.3. The van der Waals surface area contributed by atoms with Crippen molar-refractivity contribution in [1.29, 1.82) is 10.5 Å². The number of allylic oxidation sites excluding steroid dienone is 1. The molecule has 0 unspecified atom stereocenters. The maximum atomic E-state index is 9.19. The highest BCUT2D eigenvalue weighted by Crippen LogP contribution is 2.28. The van der Waals surface area contributed by atoms with E-state index in [4.69, 9.17) is 34.8 Å². The average Bonchev–Trinajstić information content (AvgIpc) is 2.37. The molecule has 0 heterocycles. The van der Waals surface area contributed by atoms with E-state index in [1.54, 1.807) is 24.3 Å². The Bertz CT molecular complexity index is 503. The van der Waals surface area contributed by atoms with Crippen LogP contribution in [0.15, 0.2) is 34.8 Å². The van der Waals surface area contributed by atoms with Crippen LogP contribution in [0.1, 0.15) is 12.0 Å². The Morgan fingerprint density at radius 3 is 2.17 bits per heavy atom. The molecule has 92 valence electrons. The monoisotopic (exact) mass is 298 g/mol. The van der Waals surface area contributed by atoms with E-state index in [1.807, 2.05) is 12.1 Å². The topological polar surface area (TPSA) is 47.6 Å². The number of benzene rings is 1. The van der Waals surface area contributed by atoms with E-state index in [1.165, 1.54) is 6.08 Å². The molecule has 1 rings (SSSR count).